The molecule has 3 aromatic rings. The molecular weight excluding hydrogens is 468 g/mol. The van der Waals surface area contributed by atoms with Gasteiger partial charge >= 0.3 is 0 Å². The van der Waals surface area contributed by atoms with Gasteiger partial charge in [0.05, 0.1) is 10.6 Å². The van der Waals surface area contributed by atoms with Crippen LogP contribution in [0.5, 0.6) is 0 Å². The molecule has 7 heteroatoms. The number of hydrogen-bond acceptors (Lipinski definition) is 3. The Kier molecular flexibility index (Phi) is 6.52. The molecule has 3 nitrogen and oxygen atoms in total. The third-order valence-corrected chi connectivity index (χ3v) is 7.35. The first-order chi connectivity index (χ1) is 15.4. The first kappa shape index (κ1) is 22.7. The molecule has 0 saturated heterocycles. The molecule has 1 heterocycles. The number of likely N-dealkylation sites (N-methyl/N-ethyl adjacent to an activating group) is 1. The van der Waals surface area contributed by atoms with Gasteiger partial charge in [0.2, 0.25) is 0 Å². The minimum absolute atomic E-state index is 0.00577. The van der Waals surface area contributed by atoms with Crippen LogP contribution in [-0.4, -0.2) is 23.6 Å². The van der Waals surface area contributed by atoms with E-state index >= 15 is 0 Å². The van der Waals surface area contributed by atoms with Gasteiger partial charge in [-0.1, -0.05) is 53.5 Å². The van der Waals surface area contributed by atoms with Crippen molar-refractivity contribution in [3.05, 3.63) is 97.4 Å². The molecule has 32 heavy (non-hydrogen) atoms. The van der Waals surface area contributed by atoms with E-state index in [0.717, 1.165) is 4.88 Å². The van der Waals surface area contributed by atoms with Gasteiger partial charge in [0.25, 0.3) is 5.91 Å². The van der Waals surface area contributed by atoms with Gasteiger partial charge in [-0.05, 0) is 60.6 Å². The highest BCUT2D eigenvalue weighted by Gasteiger charge is 2.50. The van der Waals surface area contributed by atoms with Crippen molar-refractivity contribution < 1.29 is 14.0 Å². The number of halogens is 3. The lowest BCUT2D eigenvalue weighted by molar-refractivity contribution is -0.128. The van der Waals surface area contributed by atoms with E-state index in [1.165, 1.54) is 41.5 Å². The molecule has 0 spiro atoms. The largest absolute Gasteiger partial charge is 0.324 e. The zero-order valence-electron chi connectivity index (χ0n) is 17.3. The summed E-state index contributed by atoms with van der Waals surface area (Å²) in [6, 6.07) is 14.9. The molecule has 2 aromatic carbocycles. The molecule has 1 unspecified atom stereocenters. The van der Waals surface area contributed by atoms with Crippen molar-refractivity contribution in [2.75, 3.05) is 7.05 Å². The van der Waals surface area contributed by atoms with Gasteiger partial charge in [0.1, 0.15) is 11.4 Å². The fraction of sp³-hybridized carbons (Fsp3) is 0.200. The van der Waals surface area contributed by atoms with Crippen molar-refractivity contribution in [3.63, 3.8) is 0 Å². The van der Waals surface area contributed by atoms with E-state index in [-0.39, 0.29) is 16.4 Å². The smallest absolute Gasteiger partial charge is 0.259 e. The van der Waals surface area contributed by atoms with Gasteiger partial charge < -0.3 is 4.90 Å². The molecule has 0 radical (unpaired) electrons. The topological polar surface area (TPSA) is 37.4 Å². The first-order valence-corrected chi connectivity index (χ1v) is 11.8. The Morgan fingerprint density at radius 1 is 1.09 bits per heavy atom. The van der Waals surface area contributed by atoms with Crippen LogP contribution >= 0.6 is 34.5 Å². The van der Waals surface area contributed by atoms with Crippen LogP contribution in [-0.2, 0) is 10.3 Å². The van der Waals surface area contributed by atoms with Crippen molar-refractivity contribution in [2.45, 2.75) is 24.8 Å². The number of carbonyl (C=O) groups is 2. The minimum Gasteiger partial charge on any atom is -0.324 e. The maximum absolute atomic E-state index is 14.6. The van der Waals surface area contributed by atoms with E-state index in [2.05, 4.69) is 0 Å². The Balaban J connectivity index is 1.89. The van der Waals surface area contributed by atoms with E-state index in [9.17, 15) is 14.0 Å². The Morgan fingerprint density at radius 3 is 2.53 bits per heavy atom. The third-order valence-electron chi connectivity index (χ3n) is 5.88. The molecule has 4 rings (SSSR count). The lowest BCUT2D eigenvalue weighted by atomic mass is 9.71. The van der Waals surface area contributed by atoms with Crippen LogP contribution in [0.25, 0.3) is 6.08 Å². The van der Waals surface area contributed by atoms with Crippen LogP contribution in [0.3, 0.4) is 0 Å². The Labute approximate surface area is 200 Å². The number of carbonyl (C=O) groups excluding carboxylic acids is 2. The fourth-order valence-corrected chi connectivity index (χ4v) is 5.53. The second kappa shape index (κ2) is 9.18. The fourth-order valence-electron chi connectivity index (χ4n) is 4.31. The predicted octanol–water partition coefficient (Wildman–Crippen LogP) is 7.00. The van der Waals surface area contributed by atoms with E-state index in [4.69, 9.17) is 23.2 Å². The summed E-state index contributed by atoms with van der Waals surface area (Å²) in [7, 11) is 1.51. The molecule has 1 saturated carbocycles. The number of rotatable bonds is 4. The predicted molar refractivity (Wildman–Crippen MR) is 128 cm³/mol. The van der Waals surface area contributed by atoms with Crippen molar-refractivity contribution in [3.8, 4) is 0 Å². The van der Waals surface area contributed by atoms with Crippen LogP contribution in [0.15, 0.2) is 65.6 Å². The van der Waals surface area contributed by atoms with E-state index in [0.29, 0.717) is 35.4 Å². The third kappa shape index (κ3) is 3.90. The first-order valence-electron chi connectivity index (χ1n) is 10.1. The highest BCUT2D eigenvalue weighted by molar-refractivity contribution is 7.10. The maximum atomic E-state index is 14.6. The molecule has 1 amide bonds. The van der Waals surface area contributed by atoms with Gasteiger partial charge in [-0.25, -0.2) is 4.39 Å². The summed E-state index contributed by atoms with van der Waals surface area (Å²) in [5.74, 6) is -1.62. The van der Waals surface area contributed by atoms with Crippen LogP contribution in [0.1, 0.15) is 40.1 Å². The van der Waals surface area contributed by atoms with Gasteiger partial charge in [0, 0.05) is 22.5 Å². The average molecular weight is 488 g/mol. The van der Waals surface area contributed by atoms with Crippen molar-refractivity contribution >= 4 is 52.3 Å². The van der Waals surface area contributed by atoms with Crippen LogP contribution in [0, 0.1) is 5.82 Å². The molecule has 1 fully saturated rings. The molecule has 1 aliphatic rings. The summed E-state index contributed by atoms with van der Waals surface area (Å²) in [5.41, 5.74) is -0.502. The number of Topliss-reactive ketones (excluding diaryl/α,β-unsaturated/α-hetero) is 1. The quantitative estimate of drug-likeness (QED) is 0.371. The van der Waals surface area contributed by atoms with E-state index in [1.807, 2.05) is 23.6 Å². The van der Waals surface area contributed by atoms with Crippen LogP contribution in [0.2, 0.25) is 10.0 Å². The molecule has 1 aromatic heterocycles. The molecule has 1 atom stereocenters. The van der Waals surface area contributed by atoms with Gasteiger partial charge in [-0.15, -0.1) is 11.3 Å². The number of hydrogen-bond donors (Lipinski definition) is 0. The summed E-state index contributed by atoms with van der Waals surface area (Å²) in [4.78, 5) is 29.8. The summed E-state index contributed by atoms with van der Waals surface area (Å²) >= 11 is 14.3. The lowest BCUT2D eigenvalue weighted by Crippen LogP contribution is -2.55. The molecule has 0 aliphatic heterocycles. The van der Waals surface area contributed by atoms with Crippen molar-refractivity contribution in [1.82, 2.24) is 4.90 Å². The van der Waals surface area contributed by atoms with Crippen molar-refractivity contribution in [2.24, 2.45) is 0 Å². The number of nitrogens with zero attached hydrogens (tertiary/aromatic N) is 1. The molecule has 0 N–H and O–H groups in total. The van der Waals surface area contributed by atoms with Gasteiger partial charge in [-0.3, -0.25) is 9.59 Å². The monoisotopic (exact) mass is 487 g/mol. The number of ketones is 1. The number of benzene rings is 2. The van der Waals surface area contributed by atoms with E-state index in [1.54, 1.807) is 24.3 Å². The Hall–Kier alpha value is -2.47. The highest BCUT2D eigenvalue weighted by atomic mass is 35.5. The summed E-state index contributed by atoms with van der Waals surface area (Å²) in [6.07, 6.45) is 3.49. The second-order valence-electron chi connectivity index (χ2n) is 7.67. The SMILES string of the molecule is CN(C(=O)c1c(F)cccc1Cl)C1(c2ccccc2Cl)CCCC(=Cc2cccs2)C1=O. The Morgan fingerprint density at radius 2 is 1.84 bits per heavy atom. The average Bonchev–Trinajstić information content (AvgIpc) is 3.28. The van der Waals surface area contributed by atoms with Gasteiger partial charge in [-0.2, -0.15) is 0 Å². The van der Waals surface area contributed by atoms with E-state index < -0.39 is 17.3 Å². The zero-order chi connectivity index (χ0) is 22.9. The second-order valence-corrected chi connectivity index (χ2v) is 9.46. The molecule has 1 aliphatic carbocycles. The summed E-state index contributed by atoms with van der Waals surface area (Å²) in [6.45, 7) is 0. The van der Waals surface area contributed by atoms with Crippen LogP contribution < -0.4 is 0 Å². The zero-order valence-corrected chi connectivity index (χ0v) is 19.6. The van der Waals surface area contributed by atoms with Gasteiger partial charge in [0.15, 0.2) is 5.78 Å². The number of thiophene rings is 1. The minimum atomic E-state index is -1.37. The standard InChI is InChI=1S/C25H20Cl2FNO2S/c1-29(24(31)22-20(27)11-4-12-21(22)28)25(18-9-2-3-10-19(18)26)13-5-7-16(23(25)30)15-17-8-6-14-32-17/h2-4,6,8-12,14-15H,5,7,13H2,1H3. The summed E-state index contributed by atoms with van der Waals surface area (Å²) in [5, 5.41) is 2.31. The molecule has 164 valence electrons. The molecular formula is C25H20Cl2FNO2S. The normalized spacial score (nSPS) is 19.9. The maximum Gasteiger partial charge on any atom is 0.259 e. The molecule has 0 bridgehead atoms. The van der Waals surface area contributed by atoms with Crippen molar-refractivity contribution in [1.29, 1.82) is 0 Å². The Bertz CT molecular complexity index is 1190. The lowest BCUT2D eigenvalue weighted by Gasteiger charge is -2.44. The van der Waals surface area contributed by atoms with Crippen LogP contribution in [0.4, 0.5) is 4.39 Å². The summed E-state index contributed by atoms with van der Waals surface area (Å²) < 4.78 is 14.6. The number of amides is 1. The highest BCUT2D eigenvalue weighted by Crippen LogP contribution is 2.45.